The van der Waals surface area contributed by atoms with Crippen LogP contribution in [0.3, 0.4) is 0 Å². The average Bonchev–Trinajstić information content (AvgIpc) is 3.47. The molecule has 1 aromatic heterocycles. The lowest BCUT2D eigenvalue weighted by Crippen LogP contribution is -2.28. The van der Waals surface area contributed by atoms with E-state index in [9.17, 15) is 0 Å². The summed E-state index contributed by atoms with van der Waals surface area (Å²) in [7, 11) is 0. The lowest BCUT2D eigenvalue weighted by molar-refractivity contribution is 0.0969. The van der Waals surface area contributed by atoms with Gasteiger partial charge in [0.15, 0.2) is 0 Å². The molecule has 0 fully saturated rings. The molecule has 0 unspecified atom stereocenters. The fourth-order valence-corrected chi connectivity index (χ4v) is 6.96. The Bertz CT molecular complexity index is 1520. The maximum atomic E-state index is 6.37. The average molecular weight is 541 g/mol. The Morgan fingerprint density at radius 2 is 1.12 bits per heavy atom. The van der Waals surface area contributed by atoms with Crippen molar-refractivity contribution < 1.29 is 4.74 Å². The minimum absolute atomic E-state index is 0.0802. The second kappa shape index (κ2) is 12.4. The number of hydrogen-bond donors (Lipinski definition) is 0. The highest BCUT2D eigenvalue weighted by molar-refractivity contribution is 8.00. The molecule has 1 atom stereocenters. The van der Waals surface area contributed by atoms with Crippen LogP contribution in [0.2, 0.25) is 0 Å². The first kappa shape index (κ1) is 26.1. The summed E-state index contributed by atoms with van der Waals surface area (Å²) in [6.45, 7) is 1.16. The summed E-state index contributed by atoms with van der Waals surface area (Å²) >= 11 is 1.96. The third-order valence-corrected chi connectivity index (χ3v) is 9.02. The van der Waals surface area contributed by atoms with Crippen LogP contribution in [0.4, 0.5) is 0 Å². The fourth-order valence-electron chi connectivity index (χ4n) is 5.35. The van der Waals surface area contributed by atoms with Crippen LogP contribution in [0.5, 0.6) is 0 Å². The molecule has 198 valence electrons. The highest BCUT2D eigenvalue weighted by atomic mass is 32.2. The predicted molar refractivity (Wildman–Crippen MR) is 167 cm³/mol. The van der Waals surface area contributed by atoms with Crippen LogP contribution in [-0.2, 0) is 16.1 Å². The van der Waals surface area contributed by atoms with E-state index in [1.807, 2.05) is 30.2 Å². The number of benzene rings is 5. The summed E-state index contributed by atoms with van der Waals surface area (Å²) in [5.74, 6) is 0.827. The summed E-state index contributed by atoms with van der Waals surface area (Å²) in [5, 5.41) is 0. The van der Waals surface area contributed by atoms with Crippen molar-refractivity contribution in [1.82, 2.24) is 9.55 Å². The van der Waals surface area contributed by atoms with Gasteiger partial charge in [-0.2, -0.15) is 0 Å². The van der Waals surface area contributed by atoms with Crippen molar-refractivity contribution in [3.8, 4) is 0 Å². The van der Waals surface area contributed by atoms with Crippen molar-refractivity contribution in [1.29, 1.82) is 0 Å². The topological polar surface area (TPSA) is 27.1 Å². The number of imidazole rings is 1. The highest BCUT2D eigenvalue weighted by Crippen LogP contribution is 2.49. The first-order valence-electron chi connectivity index (χ1n) is 13.7. The lowest BCUT2D eigenvalue weighted by Gasteiger charge is -2.37. The van der Waals surface area contributed by atoms with E-state index in [2.05, 4.69) is 138 Å². The molecule has 6 aromatic rings. The van der Waals surface area contributed by atoms with E-state index in [-0.39, 0.29) is 6.04 Å². The van der Waals surface area contributed by atoms with Gasteiger partial charge >= 0.3 is 0 Å². The van der Waals surface area contributed by atoms with Crippen molar-refractivity contribution in [3.63, 3.8) is 0 Å². The second-order valence-corrected chi connectivity index (χ2v) is 11.1. The van der Waals surface area contributed by atoms with Gasteiger partial charge in [0.05, 0.1) is 41.4 Å². The Labute approximate surface area is 240 Å². The van der Waals surface area contributed by atoms with Gasteiger partial charge in [-0.3, -0.25) is 0 Å². The molecule has 3 nitrogen and oxygen atoms in total. The van der Waals surface area contributed by atoms with E-state index in [1.165, 1.54) is 22.3 Å². The lowest BCUT2D eigenvalue weighted by atomic mass is 9.84. The Kier molecular flexibility index (Phi) is 8.08. The second-order valence-electron chi connectivity index (χ2n) is 9.89. The monoisotopic (exact) mass is 540 g/mol. The third-order valence-electron chi connectivity index (χ3n) is 7.33. The van der Waals surface area contributed by atoms with Crippen LogP contribution < -0.4 is 0 Å². The maximum absolute atomic E-state index is 6.37. The van der Waals surface area contributed by atoms with Gasteiger partial charge in [0.25, 0.3) is 0 Å². The van der Waals surface area contributed by atoms with Crippen LogP contribution in [0.15, 0.2) is 152 Å². The molecule has 4 heteroatoms. The van der Waals surface area contributed by atoms with Crippen LogP contribution in [0.1, 0.15) is 28.3 Å². The van der Waals surface area contributed by atoms with Gasteiger partial charge in [0.1, 0.15) is 0 Å². The number of rotatable bonds is 11. The predicted octanol–water partition coefficient (Wildman–Crippen LogP) is 8.52. The Morgan fingerprint density at radius 3 is 1.70 bits per heavy atom. The van der Waals surface area contributed by atoms with E-state index in [1.54, 1.807) is 0 Å². The van der Waals surface area contributed by atoms with Crippen molar-refractivity contribution in [2.45, 2.75) is 17.4 Å². The molecular formula is C36H32N2OS. The molecule has 0 aliphatic rings. The molecule has 1 heterocycles. The zero-order valence-electron chi connectivity index (χ0n) is 22.3. The molecule has 0 aliphatic heterocycles. The van der Waals surface area contributed by atoms with E-state index in [0.29, 0.717) is 13.2 Å². The first-order chi connectivity index (χ1) is 19.8. The zero-order chi connectivity index (χ0) is 27.0. The third kappa shape index (κ3) is 5.46. The van der Waals surface area contributed by atoms with Gasteiger partial charge in [-0.1, -0.05) is 133 Å². The largest absolute Gasteiger partial charge is 0.375 e. The van der Waals surface area contributed by atoms with Crippen LogP contribution in [-0.4, -0.2) is 21.9 Å². The number of thioether (sulfide) groups is 1. The quantitative estimate of drug-likeness (QED) is 0.154. The molecule has 0 amide bonds. The van der Waals surface area contributed by atoms with E-state index < -0.39 is 4.75 Å². The number of fused-ring (bicyclic) bond motifs is 1. The number of aromatic nitrogens is 2. The fraction of sp³-hybridized carbons (Fsp3) is 0.139. The standard InChI is InChI=1S/C36H32N2OS/c1-5-15-29(16-6-1)25-39-26-33(38-28-37-34-23-13-14-24-35(34)38)27-40-36(30-17-7-2-8-18-30,31-19-9-3-10-20-31)32-21-11-4-12-22-32/h1-24,28,33H,25-27H2/t33-/m0/s1. The van der Waals surface area contributed by atoms with E-state index in [4.69, 9.17) is 9.72 Å². The van der Waals surface area contributed by atoms with Gasteiger partial charge in [0, 0.05) is 5.75 Å². The Balaban J connectivity index is 1.39. The number of nitrogens with zero attached hydrogens (tertiary/aromatic N) is 2. The summed E-state index contributed by atoms with van der Waals surface area (Å²) < 4.78 is 8.27. The van der Waals surface area contributed by atoms with Gasteiger partial charge in [-0.25, -0.2) is 4.98 Å². The molecule has 5 aromatic carbocycles. The molecule has 0 spiro atoms. The highest BCUT2D eigenvalue weighted by Gasteiger charge is 2.37. The van der Waals surface area contributed by atoms with Gasteiger partial charge in [-0.15, -0.1) is 11.8 Å². The molecule has 40 heavy (non-hydrogen) atoms. The van der Waals surface area contributed by atoms with Crippen molar-refractivity contribution >= 4 is 22.8 Å². The van der Waals surface area contributed by atoms with Crippen molar-refractivity contribution in [2.24, 2.45) is 0 Å². The number of ether oxygens (including phenoxy) is 1. The number of hydrogen-bond acceptors (Lipinski definition) is 3. The molecule has 0 bridgehead atoms. The van der Waals surface area contributed by atoms with Gasteiger partial charge in [-0.05, 0) is 34.4 Å². The van der Waals surface area contributed by atoms with Gasteiger partial charge < -0.3 is 9.30 Å². The summed E-state index contributed by atoms with van der Waals surface area (Å²) in [6.07, 6.45) is 1.97. The number of para-hydroxylation sites is 2. The molecule has 0 aliphatic carbocycles. The maximum Gasteiger partial charge on any atom is 0.0962 e. The minimum atomic E-state index is -0.391. The Hall–Kier alpha value is -4.12. The first-order valence-corrected chi connectivity index (χ1v) is 14.7. The summed E-state index contributed by atoms with van der Waals surface area (Å²) in [5.41, 5.74) is 7.09. The van der Waals surface area contributed by atoms with Crippen LogP contribution >= 0.6 is 11.8 Å². The molecule has 6 rings (SSSR count). The van der Waals surface area contributed by atoms with E-state index in [0.717, 1.165) is 16.8 Å². The van der Waals surface area contributed by atoms with Crippen LogP contribution in [0.25, 0.3) is 11.0 Å². The van der Waals surface area contributed by atoms with Crippen molar-refractivity contribution in [3.05, 3.63) is 174 Å². The summed E-state index contributed by atoms with van der Waals surface area (Å²) in [6, 6.07) is 51.4. The van der Waals surface area contributed by atoms with E-state index >= 15 is 0 Å². The molecule has 0 saturated heterocycles. The zero-order valence-corrected chi connectivity index (χ0v) is 23.2. The van der Waals surface area contributed by atoms with Crippen LogP contribution in [0, 0.1) is 0 Å². The normalized spacial score (nSPS) is 12.4. The molecular weight excluding hydrogens is 508 g/mol. The molecule has 0 N–H and O–H groups in total. The molecule has 0 radical (unpaired) electrons. The minimum Gasteiger partial charge on any atom is -0.375 e. The smallest absolute Gasteiger partial charge is 0.0962 e. The Morgan fingerprint density at radius 1 is 0.625 bits per heavy atom. The SMILES string of the molecule is c1ccc(COC[C@@H](CSC(c2ccccc2)(c2ccccc2)c2ccccc2)n2cnc3ccccc32)cc1. The molecule has 0 saturated carbocycles. The summed E-state index contributed by atoms with van der Waals surface area (Å²) in [4.78, 5) is 4.72. The van der Waals surface area contributed by atoms with Crippen molar-refractivity contribution in [2.75, 3.05) is 12.4 Å². The van der Waals surface area contributed by atoms with Gasteiger partial charge in [0.2, 0.25) is 0 Å².